The molecule has 2 aromatic rings. The van der Waals surface area contributed by atoms with Gasteiger partial charge in [0, 0.05) is 6.54 Å². The first-order valence-corrected chi connectivity index (χ1v) is 6.21. The molecular formula is C16H16N2O. The number of nitriles is 1. The predicted octanol–water partition coefficient (Wildman–Crippen LogP) is 2.40. The van der Waals surface area contributed by atoms with Gasteiger partial charge in [0.05, 0.1) is 6.07 Å². The largest absolute Gasteiger partial charge is 0.386 e. The van der Waals surface area contributed by atoms with Crippen molar-refractivity contribution in [2.45, 2.75) is 18.7 Å². The van der Waals surface area contributed by atoms with Crippen molar-refractivity contribution in [3.05, 3.63) is 71.8 Å². The van der Waals surface area contributed by atoms with Crippen molar-refractivity contribution in [2.24, 2.45) is 0 Å². The van der Waals surface area contributed by atoms with Crippen LogP contribution in [-0.2, 0) is 6.54 Å². The molecule has 2 rings (SSSR count). The number of aliphatic hydroxyl groups excluding tert-OH is 1. The fraction of sp³-hybridized carbons (Fsp3) is 0.188. The lowest BCUT2D eigenvalue weighted by Crippen LogP contribution is -2.33. The maximum Gasteiger partial charge on any atom is 0.126 e. The van der Waals surface area contributed by atoms with Crippen molar-refractivity contribution in [2.75, 3.05) is 0 Å². The van der Waals surface area contributed by atoms with Crippen LogP contribution in [0.1, 0.15) is 17.2 Å². The molecule has 0 aliphatic carbocycles. The summed E-state index contributed by atoms with van der Waals surface area (Å²) in [5, 5.41) is 22.4. The maximum atomic E-state index is 10.2. The van der Waals surface area contributed by atoms with E-state index in [-0.39, 0.29) is 0 Å². The Morgan fingerprint density at radius 2 is 1.58 bits per heavy atom. The summed E-state index contributed by atoms with van der Waals surface area (Å²) in [7, 11) is 0. The molecule has 3 heteroatoms. The molecule has 0 amide bonds. The topological polar surface area (TPSA) is 56.0 Å². The van der Waals surface area contributed by atoms with Crippen LogP contribution in [0.2, 0.25) is 0 Å². The molecule has 0 saturated carbocycles. The molecule has 0 heterocycles. The number of nitrogens with one attached hydrogen (secondary N) is 1. The van der Waals surface area contributed by atoms with E-state index in [1.54, 1.807) is 0 Å². The van der Waals surface area contributed by atoms with Gasteiger partial charge in [0.1, 0.15) is 12.1 Å². The van der Waals surface area contributed by atoms with Crippen LogP contribution in [0.3, 0.4) is 0 Å². The lowest BCUT2D eigenvalue weighted by molar-refractivity contribution is 0.149. The Morgan fingerprint density at radius 3 is 2.16 bits per heavy atom. The van der Waals surface area contributed by atoms with Gasteiger partial charge in [-0.05, 0) is 11.1 Å². The first-order chi connectivity index (χ1) is 9.31. The van der Waals surface area contributed by atoms with Gasteiger partial charge < -0.3 is 5.11 Å². The second-order valence-electron chi connectivity index (χ2n) is 4.33. The molecule has 0 aliphatic rings. The summed E-state index contributed by atoms with van der Waals surface area (Å²) in [6, 6.07) is 20.5. The molecule has 96 valence electrons. The molecule has 0 aromatic heterocycles. The zero-order valence-electron chi connectivity index (χ0n) is 10.5. The number of hydrogen-bond acceptors (Lipinski definition) is 3. The first kappa shape index (κ1) is 13.3. The normalized spacial score (nSPS) is 13.5. The zero-order chi connectivity index (χ0) is 13.5. The van der Waals surface area contributed by atoms with Gasteiger partial charge in [-0.3, -0.25) is 5.32 Å². The molecule has 19 heavy (non-hydrogen) atoms. The Hall–Kier alpha value is -2.15. The van der Waals surface area contributed by atoms with E-state index >= 15 is 0 Å². The predicted molar refractivity (Wildman–Crippen MR) is 74.1 cm³/mol. The number of rotatable bonds is 5. The SMILES string of the molecule is N#C[C@@H](NCc1ccccc1)[C@@H](O)c1ccccc1. The van der Waals surface area contributed by atoms with Crippen LogP contribution >= 0.6 is 0 Å². The fourth-order valence-corrected chi connectivity index (χ4v) is 1.89. The second-order valence-corrected chi connectivity index (χ2v) is 4.33. The summed E-state index contributed by atoms with van der Waals surface area (Å²) < 4.78 is 0. The van der Waals surface area contributed by atoms with Gasteiger partial charge in [-0.2, -0.15) is 5.26 Å². The Morgan fingerprint density at radius 1 is 1.00 bits per heavy atom. The molecule has 0 radical (unpaired) electrons. The van der Waals surface area contributed by atoms with Gasteiger partial charge in [0.15, 0.2) is 0 Å². The lowest BCUT2D eigenvalue weighted by Gasteiger charge is -2.18. The highest BCUT2D eigenvalue weighted by Gasteiger charge is 2.19. The number of hydrogen-bond donors (Lipinski definition) is 2. The molecule has 2 aromatic carbocycles. The van der Waals surface area contributed by atoms with Crippen molar-refractivity contribution in [3.63, 3.8) is 0 Å². The third kappa shape index (κ3) is 3.65. The molecular weight excluding hydrogens is 236 g/mol. The van der Waals surface area contributed by atoms with Crippen LogP contribution in [0.4, 0.5) is 0 Å². The maximum absolute atomic E-state index is 10.2. The van der Waals surface area contributed by atoms with E-state index in [9.17, 15) is 5.11 Å². The summed E-state index contributed by atoms with van der Waals surface area (Å²) in [6.45, 7) is 0.558. The Balaban J connectivity index is 1.99. The molecule has 2 N–H and O–H groups in total. The highest BCUT2D eigenvalue weighted by atomic mass is 16.3. The number of benzene rings is 2. The van der Waals surface area contributed by atoms with E-state index < -0.39 is 12.1 Å². The van der Waals surface area contributed by atoms with E-state index in [1.807, 2.05) is 60.7 Å². The molecule has 0 bridgehead atoms. The summed E-state index contributed by atoms with van der Waals surface area (Å²) in [6.07, 6.45) is -0.824. The molecule has 3 nitrogen and oxygen atoms in total. The van der Waals surface area contributed by atoms with E-state index in [0.29, 0.717) is 6.54 Å². The minimum absolute atomic E-state index is 0.558. The highest BCUT2D eigenvalue weighted by molar-refractivity contribution is 5.22. The first-order valence-electron chi connectivity index (χ1n) is 6.21. The molecule has 0 fully saturated rings. The van der Waals surface area contributed by atoms with Crippen molar-refractivity contribution in [1.82, 2.24) is 5.32 Å². The summed E-state index contributed by atoms with van der Waals surface area (Å²) >= 11 is 0. The van der Waals surface area contributed by atoms with Crippen molar-refractivity contribution < 1.29 is 5.11 Å². The van der Waals surface area contributed by atoms with Crippen molar-refractivity contribution in [1.29, 1.82) is 5.26 Å². The van der Waals surface area contributed by atoms with Gasteiger partial charge in [-0.1, -0.05) is 60.7 Å². The fourth-order valence-electron chi connectivity index (χ4n) is 1.89. The zero-order valence-corrected chi connectivity index (χ0v) is 10.5. The minimum atomic E-state index is -0.824. The van der Waals surface area contributed by atoms with E-state index in [2.05, 4.69) is 11.4 Å². The van der Waals surface area contributed by atoms with Crippen molar-refractivity contribution >= 4 is 0 Å². The van der Waals surface area contributed by atoms with Crippen LogP contribution in [-0.4, -0.2) is 11.1 Å². The Labute approximate surface area is 113 Å². The quantitative estimate of drug-likeness (QED) is 0.859. The highest BCUT2D eigenvalue weighted by Crippen LogP contribution is 2.16. The number of aliphatic hydroxyl groups is 1. The van der Waals surface area contributed by atoms with E-state index in [4.69, 9.17) is 5.26 Å². The monoisotopic (exact) mass is 252 g/mol. The van der Waals surface area contributed by atoms with Crippen LogP contribution < -0.4 is 5.32 Å². The van der Waals surface area contributed by atoms with Crippen molar-refractivity contribution in [3.8, 4) is 6.07 Å². The van der Waals surface area contributed by atoms with Gasteiger partial charge >= 0.3 is 0 Å². The lowest BCUT2D eigenvalue weighted by atomic mass is 10.0. The van der Waals surface area contributed by atoms with Crippen LogP contribution in [0.25, 0.3) is 0 Å². The minimum Gasteiger partial charge on any atom is -0.386 e. The Bertz CT molecular complexity index is 534. The van der Waals surface area contributed by atoms with Crippen LogP contribution in [0.15, 0.2) is 60.7 Å². The van der Waals surface area contributed by atoms with Gasteiger partial charge in [0.2, 0.25) is 0 Å². The summed E-state index contributed by atoms with van der Waals surface area (Å²) in [5.74, 6) is 0. The smallest absolute Gasteiger partial charge is 0.126 e. The molecule has 0 saturated heterocycles. The molecule has 0 unspecified atom stereocenters. The van der Waals surface area contributed by atoms with Gasteiger partial charge in [-0.15, -0.1) is 0 Å². The molecule has 2 atom stereocenters. The average molecular weight is 252 g/mol. The second kappa shape index (κ2) is 6.69. The summed E-state index contributed by atoms with van der Waals surface area (Å²) in [4.78, 5) is 0. The van der Waals surface area contributed by atoms with Crippen LogP contribution in [0, 0.1) is 11.3 Å². The average Bonchev–Trinajstić information content (AvgIpc) is 2.49. The van der Waals surface area contributed by atoms with E-state index in [0.717, 1.165) is 11.1 Å². The number of nitrogens with zero attached hydrogens (tertiary/aromatic N) is 1. The van der Waals surface area contributed by atoms with Gasteiger partial charge in [0.25, 0.3) is 0 Å². The third-order valence-corrected chi connectivity index (χ3v) is 2.96. The van der Waals surface area contributed by atoms with Crippen LogP contribution in [0.5, 0.6) is 0 Å². The third-order valence-electron chi connectivity index (χ3n) is 2.96. The summed E-state index contributed by atoms with van der Waals surface area (Å²) in [5.41, 5.74) is 1.83. The van der Waals surface area contributed by atoms with Gasteiger partial charge in [-0.25, -0.2) is 0 Å². The Kier molecular flexibility index (Phi) is 4.68. The molecule has 0 spiro atoms. The molecule has 0 aliphatic heterocycles. The van der Waals surface area contributed by atoms with E-state index in [1.165, 1.54) is 0 Å². The standard InChI is InChI=1S/C16H16N2O/c17-11-15(16(19)14-9-5-2-6-10-14)18-12-13-7-3-1-4-8-13/h1-10,15-16,18-19H,12H2/t15-,16+/m1/s1.